The van der Waals surface area contributed by atoms with Crippen molar-refractivity contribution < 1.29 is 67.9 Å². The molecule has 426 valence electrons. The normalized spacial score (nSPS) is 39.7. The van der Waals surface area contributed by atoms with Gasteiger partial charge in [0.05, 0.1) is 71.7 Å². The van der Waals surface area contributed by atoms with Gasteiger partial charge in [-0.3, -0.25) is 9.69 Å². The van der Waals surface area contributed by atoms with E-state index in [1.165, 1.54) is 25.0 Å². The third kappa shape index (κ3) is 12.8. The number of ether oxygens (including phenoxy) is 6. The van der Waals surface area contributed by atoms with Gasteiger partial charge in [0.15, 0.2) is 6.29 Å². The maximum Gasteiger partial charge on any atom is 0.414 e. The van der Waals surface area contributed by atoms with Gasteiger partial charge >= 0.3 is 12.1 Å². The third-order valence-electron chi connectivity index (χ3n) is 17.2. The molecule has 0 spiro atoms. The Balaban J connectivity index is 1.09. The molecule has 7 rings (SSSR count). The van der Waals surface area contributed by atoms with Crippen molar-refractivity contribution in [2.24, 2.45) is 23.7 Å². The highest BCUT2D eigenvalue weighted by Crippen LogP contribution is 2.45. The maximum absolute atomic E-state index is 15.1. The van der Waals surface area contributed by atoms with Crippen LogP contribution in [0.25, 0.3) is 5.69 Å². The number of aliphatic hydroxyl groups is 5. The van der Waals surface area contributed by atoms with Crippen LogP contribution in [0.2, 0.25) is 0 Å². The first-order valence-electron chi connectivity index (χ1n) is 27.1. The molecule has 1 amide bonds. The number of benzene rings is 1. The molecular formula is C55H86FN7O13. The lowest BCUT2D eigenvalue weighted by molar-refractivity contribution is -0.302. The zero-order valence-corrected chi connectivity index (χ0v) is 46.7. The summed E-state index contributed by atoms with van der Waals surface area (Å²) >= 11 is 0. The molecule has 0 bridgehead atoms. The Kier molecular flexibility index (Phi) is 18.9. The molecule has 0 aliphatic carbocycles. The first kappa shape index (κ1) is 59.5. The molecule has 21 heteroatoms. The van der Waals surface area contributed by atoms with E-state index in [0.29, 0.717) is 43.0 Å². The van der Waals surface area contributed by atoms with Crippen molar-refractivity contribution in [2.75, 3.05) is 45.7 Å². The highest BCUT2D eigenvalue weighted by molar-refractivity contribution is 5.89. The van der Waals surface area contributed by atoms with E-state index in [2.05, 4.69) is 10.3 Å². The number of halogens is 1. The summed E-state index contributed by atoms with van der Waals surface area (Å²) in [5, 5.41) is 68.9. The number of esters is 1. The average Bonchev–Trinajstić information content (AvgIpc) is 4.15. The molecule has 5 N–H and O–H groups in total. The number of carbonyl (C=O) groups excluding carboxylic acids is 2. The van der Waals surface area contributed by atoms with Crippen LogP contribution in [0.4, 0.5) is 14.9 Å². The Labute approximate surface area is 447 Å². The number of cyclic esters (lactones) is 2. The van der Waals surface area contributed by atoms with Crippen LogP contribution in [0, 0.1) is 29.5 Å². The van der Waals surface area contributed by atoms with Gasteiger partial charge in [0, 0.05) is 69.6 Å². The Hall–Kier alpha value is -4.13. The number of carbonyl (C=O) groups is 2. The Bertz CT molecular complexity index is 2390. The number of rotatable bonds is 13. The van der Waals surface area contributed by atoms with Crippen molar-refractivity contribution in [1.82, 2.24) is 29.4 Å². The molecule has 20 nitrogen and oxygen atoms in total. The van der Waals surface area contributed by atoms with Crippen LogP contribution in [0.5, 0.6) is 0 Å². The van der Waals surface area contributed by atoms with Crippen molar-refractivity contribution in [1.29, 1.82) is 0 Å². The third-order valence-corrected chi connectivity index (χ3v) is 17.2. The maximum atomic E-state index is 15.1. The van der Waals surface area contributed by atoms with Crippen molar-refractivity contribution in [3.05, 3.63) is 60.4 Å². The van der Waals surface area contributed by atoms with Crippen LogP contribution in [0.15, 0.2) is 48.9 Å². The van der Waals surface area contributed by atoms with Crippen LogP contribution in [-0.4, -0.2) is 198 Å². The number of nitrogens with zero attached hydrogens (tertiary/aromatic N) is 7. The first-order valence-corrected chi connectivity index (χ1v) is 27.1. The van der Waals surface area contributed by atoms with Gasteiger partial charge in [-0.15, -0.1) is 5.10 Å². The number of aromatic nitrogens is 4. The number of aliphatic hydroxyl groups excluding tert-OH is 3. The minimum atomic E-state index is -1.83. The molecule has 0 saturated carbocycles. The lowest BCUT2D eigenvalue weighted by Crippen LogP contribution is -2.62. The lowest BCUT2D eigenvalue weighted by Gasteiger charge is -2.51. The van der Waals surface area contributed by atoms with Crippen LogP contribution in [0.3, 0.4) is 0 Å². The van der Waals surface area contributed by atoms with Crippen molar-refractivity contribution in [3.8, 4) is 5.69 Å². The predicted molar refractivity (Wildman–Crippen MR) is 279 cm³/mol. The van der Waals surface area contributed by atoms with Crippen molar-refractivity contribution >= 4 is 17.7 Å². The van der Waals surface area contributed by atoms with Crippen LogP contribution < -0.4 is 4.90 Å². The summed E-state index contributed by atoms with van der Waals surface area (Å²) < 4.78 is 56.2. The van der Waals surface area contributed by atoms with E-state index in [4.69, 9.17) is 28.4 Å². The number of likely N-dealkylation sites (N-methyl/N-ethyl adjacent to an activating group) is 2. The predicted octanol–water partition coefficient (Wildman–Crippen LogP) is 4.33. The summed E-state index contributed by atoms with van der Waals surface area (Å²) in [4.78, 5) is 32.9. The summed E-state index contributed by atoms with van der Waals surface area (Å²) in [7, 11) is 5.26. The summed E-state index contributed by atoms with van der Waals surface area (Å²) in [5.41, 5.74) is -3.11. The smallest absolute Gasteiger partial charge is 0.414 e. The number of methoxy groups -OCH3 is 1. The van der Waals surface area contributed by atoms with E-state index < -0.39 is 120 Å². The summed E-state index contributed by atoms with van der Waals surface area (Å²) in [5.74, 6) is -3.74. The Morgan fingerprint density at radius 2 is 1.64 bits per heavy atom. The standard InChI is InChI=1S/C55H86FN7O13/c1-14-44-55(10,70)47(65)35(6)60(12)27-31(2)25-53(8,69)49(33(4)45(34(5)50(67)75-44)43-26-54(9,71-13)48(66)36(7)73-43)76-51-46(64)42(23-32(3)72-51)59(11)22-19-37-28-62(58-57-37)29-39-30-63(52(68)74-39)38-17-18-41(40(56)24-38)61-20-15-16-21-61/h15-18,20-21,24,28,31-36,39,42-49,51,64-66,69-70H,14,19,22-23,25-27,29-30H2,1-13H3/t31-,32-,33+,34-,35-,36-,39+,42+,43?,44-,45+,46-,47-,48+,49-,51?,53-,54-,55-/m1/s1. The second-order valence-corrected chi connectivity index (χ2v) is 23.3. The molecule has 3 aromatic rings. The van der Waals surface area contributed by atoms with E-state index in [0.717, 1.165) is 0 Å². The highest BCUT2D eigenvalue weighted by atomic mass is 19.1. The summed E-state index contributed by atoms with van der Waals surface area (Å²) in [6.07, 6.45) is -3.15. The molecule has 4 aliphatic heterocycles. The average molecular weight is 1070 g/mol. The minimum absolute atomic E-state index is 0.170. The van der Waals surface area contributed by atoms with Gasteiger partial charge in [0.25, 0.3) is 0 Å². The SMILES string of the molecule is CC[C@H]1OC(=O)[C@H](C)[C@@H](C2C[C@@](C)(OC)[C@@H](O)[C@@H](C)O2)[C@H](C)[C@@H](OC2O[C@H](C)C[C@H](N(C)CCc3cn(C[C@H]4CN(c5ccc(-n6cccc6)c(F)c5)C(=O)O4)nn3)[C@H]2O)[C@](C)(O)C[C@@H](C)CN(C)[C@H](C)[C@@H](O)[C@]1(C)O. The number of anilines is 1. The van der Waals surface area contributed by atoms with Crippen molar-refractivity contribution in [2.45, 2.75) is 198 Å². The molecule has 6 heterocycles. The second-order valence-electron chi connectivity index (χ2n) is 23.3. The minimum Gasteiger partial charge on any atom is -0.459 e. The molecule has 2 unspecified atom stereocenters. The Morgan fingerprint density at radius 1 is 0.947 bits per heavy atom. The summed E-state index contributed by atoms with van der Waals surface area (Å²) in [6, 6.07) is 7.18. The molecule has 4 fully saturated rings. The molecule has 0 radical (unpaired) electrons. The fourth-order valence-corrected chi connectivity index (χ4v) is 12.6. The molecule has 1 aromatic carbocycles. The van der Waals surface area contributed by atoms with Gasteiger partial charge < -0.3 is 68.3 Å². The topological polar surface area (TPSA) is 236 Å². The Morgan fingerprint density at radius 3 is 2.30 bits per heavy atom. The van der Waals surface area contributed by atoms with Gasteiger partial charge in [-0.2, -0.15) is 0 Å². The van der Waals surface area contributed by atoms with Crippen LogP contribution >= 0.6 is 0 Å². The largest absolute Gasteiger partial charge is 0.459 e. The fraction of sp³-hybridized carbons (Fsp3) is 0.745. The van der Waals surface area contributed by atoms with E-state index >= 15 is 4.39 Å². The van der Waals surface area contributed by atoms with Gasteiger partial charge in [-0.05, 0) is 117 Å². The van der Waals surface area contributed by atoms with Gasteiger partial charge in [-0.1, -0.05) is 32.9 Å². The molecule has 76 heavy (non-hydrogen) atoms. The number of hydrogen-bond donors (Lipinski definition) is 5. The zero-order chi connectivity index (χ0) is 55.8. The molecule has 4 saturated heterocycles. The van der Waals surface area contributed by atoms with E-state index in [1.54, 1.807) is 93.6 Å². The van der Waals surface area contributed by atoms with Gasteiger partial charge in [-0.25, -0.2) is 13.9 Å². The van der Waals surface area contributed by atoms with E-state index in [1.807, 2.05) is 44.7 Å². The molecular weight excluding hydrogens is 986 g/mol. The molecule has 19 atom stereocenters. The molecule has 2 aromatic heterocycles. The van der Waals surface area contributed by atoms with Crippen molar-refractivity contribution in [3.63, 3.8) is 0 Å². The lowest BCUT2D eigenvalue weighted by atomic mass is 9.68. The molecule has 4 aliphatic rings. The van der Waals surface area contributed by atoms with E-state index in [9.17, 15) is 35.1 Å². The van der Waals surface area contributed by atoms with Crippen LogP contribution in [-0.2, 0) is 46.2 Å². The monoisotopic (exact) mass is 1070 g/mol. The van der Waals surface area contributed by atoms with Gasteiger partial charge in [0.1, 0.15) is 41.9 Å². The van der Waals surface area contributed by atoms with E-state index in [-0.39, 0.29) is 44.4 Å². The zero-order valence-electron chi connectivity index (χ0n) is 46.7. The van der Waals surface area contributed by atoms with Crippen LogP contribution in [0.1, 0.15) is 101 Å². The quantitative estimate of drug-likeness (QED) is 0.150. The van der Waals surface area contributed by atoms with Gasteiger partial charge in [0.2, 0.25) is 0 Å². The number of amides is 1. The summed E-state index contributed by atoms with van der Waals surface area (Å²) in [6.45, 7) is 19.1. The fourth-order valence-electron chi connectivity index (χ4n) is 12.6. The first-order chi connectivity index (χ1) is 35.7. The number of hydrogen-bond acceptors (Lipinski definition) is 17. The highest BCUT2D eigenvalue weighted by Gasteiger charge is 2.55. The second kappa shape index (κ2) is 24.1.